The number of thiocarbonyl (C=S) groups is 1. The average molecular weight is 227 g/mol. The molecular formula is C10H17N3OS. The summed E-state index contributed by atoms with van der Waals surface area (Å²) in [6.45, 7) is 4.65. The second-order valence-corrected chi connectivity index (χ2v) is 4.37. The molecule has 0 amide bonds. The minimum absolute atomic E-state index is 0.0351. The summed E-state index contributed by atoms with van der Waals surface area (Å²) >= 11 is 4.78. The summed E-state index contributed by atoms with van der Waals surface area (Å²) in [5.74, 6) is 0. The molecule has 0 atom stereocenters. The number of aromatic nitrogens is 2. The first-order valence-electron chi connectivity index (χ1n) is 5.08. The Balaban J connectivity index is 2.63. The molecule has 0 aliphatic heterocycles. The van der Waals surface area contributed by atoms with Gasteiger partial charge in [0.05, 0.1) is 4.99 Å². The quantitative estimate of drug-likeness (QED) is 0.771. The number of rotatable bonds is 5. The zero-order chi connectivity index (χ0) is 11.4. The molecule has 4 nitrogen and oxygen atoms in total. The van der Waals surface area contributed by atoms with Crippen molar-refractivity contribution in [2.75, 3.05) is 0 Å². The van der Waals surface area contributed by atoms with E-state index in [0.717, 1.165) is 6.42 Å². The molecule has 1 aromatic heterocycles. The van der Waals surface area contributed by atoms with Crippen molar-refractivity contribution in [2.24, 2.45) is 5.73 Å². The van der Waals surface area contributed by atoms with Crippen LogP contribution < -0.4 is 11.4 Å². The van der Waals surface area contributed by atoms with Gasteiger partial charge >= 0.3 is 5.69 Å². The third-order valence-electron chi connectivity index (χ3n) is 2.25. The Morgan fingerprint density at radius 1 is 1.53 bits per heavy atom. The summed E-state index contributed by atoms with van der Waals surface area (Å²) in [4.78, 5) is 12.3. The zero-order valence-corrected chi connectivity index (χ0v) is 9.96. The Hall–Kier alpha value is -1.10. The van der Waals surface area contributed by atoms with Crippen LogP contribution in [0.1, 0.15) is 32.7 Å². The SMILES string of the molecule is CC(C)n1ccn(CCCC(N)=S)c1=O. The maximum absolute atomic E-state index is 11.7. The third kappa shape index (κ3) is 3.20. The molecular weight excluding hydrogens is 210 g/mol. The van der Waals surface area contributed by atoms with Gasteiger partial charge in [-0.3, -0.25) is 9.13 Å². The van der Waals surface area contributed by atoms with Crippen LogP contribution in [0, 0.1) is 0 Å². The summed E-state index contributed by atoms with van der Waals surface area (Å²) in [5, 5.41) is 0. The number of hydrogen-bond acceptors (Lipinski definition) is 2. The number of aryl methyl sites for hydroxylation is 1. The van der Waals surface area contributed by atoms with Gasteiger partial charge in [-0.25, -0.2) is 4.79 Å². The molecule has 1 heterocycles. The monoisotopic (exact) mass is 227 g/mol. The molecule has 0 aliphatic rings. The van der Waals surface area contributed by atoms with Gasteiger partial charge < -0.3 is 5.73 Å². The van der Waals surface area contributed by atoms with E-state index in [9.17, 15) is 4.79 Å². The number of imidazole rings is 1. The minimum atomic E-state index is 0.0351. The topological polar surface area (TPSA) is 52.9 Å². The Morgan fingerprint density at radius 2 is 2.20 bits per heavy atom. The standard InChI is InChI=1S/C10H17N3OS/c1-8(2)13-7-6-12(10(13)14)5-3-4-9(11)15/h6-8H,3-5H2,1-2H3,(H2,11,15). The van der Waals surface area contributed by atoms with Crippen molar-refractivity contribution >= 4 is 17.2 Å². The smallest absolute Gasteiger partial charge is 0.328 e. The van der Waals surface area contributed by atoms with Crippen LogP contribution in [0.4, 0.5) is 0 Å². The van der Waals surface area contributed by atoms with E-state index in [-0.39, 0.29) is 11.7 Å². The molecule has 84 valence electrons. The lowest BCUT2D eigenvalue weighted by Crippen LogP contribution is -2.25. The van der Waals surface area contributed by atoms with Crippen molar-refractivity contribution in [1.82, 2.24) is 9.13 Å². The van der Waals surface area contributed by atoms with Crippen LogP contribution in [-0.4, -0.2) is 14.1 Å². The largest absolute Gasteiger partial charge is 0.393 e. The highest BCUT2D eigenvalue weighted by Crippen LogP contribution is 2.00. The van der Waals surface area contributed by atoms with Gasteiger partial charge in [0.1, 0.15) is 0 Å². The molecule has 2 N–H and O–H groups in total. The lowest BCUT2D eigenvalue weighted by Gasteiger charge is -2.04. The van der Waals surface area contributed by atoms with E-state index in [1.165, 1.54) is 0 Å². The molecule has 0 saturated carbocycles. The van der Waals surface area contributed by atoms with Crippen molar-refractivity contribution < 1.29 is 0 Å². The number of hydrogen-bond donors (Lipinski definition) is 1. The predicted molar refractivity (Wildman–Crippen MR) is 65.1 cm³/mol. The fraction of sp³-hybridized carbons (Fsp3) is 0.600. The average Bonchev–Trinajstić information content (AvgIpc) is 2.47. The summed E-state index contributed by atoms with van der Waals surface area (Å²) in [7, 11) is 0. The zero-order valence-electron chi connectivity index (χ0n) is 9.14. The third-order valence-corrected chi connectivity index (χ3v) is 2.46. The van der Waals surface area contributed by atoms with Gasteiger partial charge in [0.2, 0.25) is 0 Å². The molecule has 0 unspecified atom stereocenters. The first-order chi connectivity index (χ1) is 7.02. The Kier molecular flexibility index (Phi) is 4.08. The molecule has 0 spiro atoms. The van der Waals surface area contributed by atoms with Crippen LogP contribution in [0.2, 0.25) is 0 Å². The lowest BCUT2D eigenvalue weighted by molar-refractivity contribution is 0.545. The maximum atomic E-state index is 11.7. The molecule has 5 heteroatoms. The molecule has 1 rings (SSSR count). The van der Waals surface area contributed by atoms with Gasteiger partial charge in [-0.15, -0.1) is 0 Å². The lowest BCUT2D eigenvalue weighted by atomic mass is 10.3. The molecule has 0 radical (unpaired) electrons. The van der Waals surface area contributed by atoms with Gasteiger partial charge in [-0.1, -0.05) is 12.2 Å². The van der Waals surface area contributed by atoms with Crippen LogP contribution in [0.25, 0.3) is 0 Å². The van der Waals surface area contributed by atoms with Gasteiger partial charge in [-0.05, 0) is 26.7 Å². The minimum Gasteiger partial charge on any atom is -0.393 e. The Bertz CT molecular complexity index is 392. The van der Waals surface area contributed by atoms with Crippen molar-refractivity contribution in [2.45, 2.75) is 39.3 Å². The van der Waals surface area contributed by atoms with E-state index in [2.05, 4.69) is 0 Å². The van der Waals surface area contributed by atoms with E-state index in [4.69, 9.17) is 18.0 Å². The highest BCUT2D eigenvalue weighted by Gasteiger charge is 2.05. The first kappa shape index (κ1) is 12.0. The van der Waals surface area contributed by atoms with Gasteiger partial charge in [0, 0.05) is 25.0 Å². The van der Waals surface area contributed by atoms with E-state index >= 15 is 0 Å². The second kappa shape index (κ2) is 5.11. The van der Waals surface area contributed by atoms with Crippen LogP contribution in [0.15, 0.2) is 17.2 Å². The molecule has 0 aliphatic carbocycles. The Labute approximate surface area is 94.7 Å². The summed E-state index contributed by atoms with van der Waals surface area (Å²) in [6.07, 6.45) is 5.13. The maximum Gasteiger partial charge on any atom is 0.328 e. The van der Waals surface area contributed by atoms with Crippen LogP contribution in [0.3, 0.4) is 0 Å². The van der Waals surface area contributed by atoms with Crippen molar-refractivity contribution in [3.8, 4) is 0 Å². The fourth-order valence-corrected chi connectivity index (χ4v) is 1.56. The van der Waals surface area contributed by atoms with E-state index in [1.807, 2.05) is 26.2 Å². The summed E-state index contributed by atoms with van der Waals surface area (Å²) in [5.41, 5.74) is 5.42. The molecule has 0 fully saturated rings. The summed E-state index contributed by atoms with van der Waals surface area (Å²) < 4.78 is 3.40. The fourth-order valence-electron chi connectivity index (χ4n) is 1.41. The summed E-state index contributed by atoms with van der Waals surface area (Å²) in [6, 6.07) is 0.203. The molecule has 0 saturated heterocycles. The van der Waals surface area contributed by atoms with Crippen LogP contribution in [-0.2, 0) is 6.54 Å². The van der Waals surface area contributed by atoms with E-state index in [1.54, 1.807) is 9.13 Å². The molecule has 0 aromatic carbocycles. The van der Waals surface area contributed by atoms with E-state index < -0.39 is 0 Å². The van der Waals surface area contributed by atoms with Crippen LogP contribution in [0.5, 0.6) is 0 Å². The normalized spacial score (nSPS) is 10.9. The first-order valence-corrected chi connectivity index (χ1v) is 5.48. The molecule has 0 bridgehead atoms. The second-order valence-electron chi connectivity index (χ2n) is 3.84. The molecule has 1 aromatic rings. The van der Waals surface area contributed by atoms with Crippen molar-refractivity contribution in [1.29, 1.82) is 0 Å². The number of nitrogens with two attached hydrogens (primary N) is 1. The van der Waals surface area contributed by atoms with Gasteiger partial charge in [-0.2, -0.15) is 0 Å². The predicted octanol–water partition coefficient (Wildman–Crippen LogP) is 1.30. The van der Waals surface area contributed by atoms with Gasteiger partial charge in [0.15, 0.2) is 0 Å². The highest BCUT2D eigenvalue weighted by atomic mass is 32.1. The van der Waals surface area contributed by atoms with Gasteiger partial charge in [0.25, 0.3) is 0 Å². The van der Waals surface area contributed by atoms with Crippen molar-refractivity contribution in [3.63, 3.8) is 0 Å². The highest BCUT2D eigenvalue weighted by molar-refractivity contribution is 7.80. The van der Waals surface area contributed by atoms with Crippen molar-refractivity contribution in [3.05, 3.63) is 22.9 Å². The molecule has 15 heavy (non-hydrogen) atoms. The van der Waals surface area contributed by atoms with E-state index in [0.29, 0.717) is 18.0 Å². The number of nitrogens with zero attached hydrogens (tertiary/aromatic N) is 2. The van der Waals surface area contributed by atoms with Crippen LogP contribution >= 0.6 is 12.2 Å². The Morgan fingerprint density at radius 3 is 2.67 bits per heavy atom.